The molecule has 7 nitrogen and oxygen atoms in total. The quantitative estimate of drug-likeness (QED) is 0.573. The van der Waals surface area contributed by atoms with Crippen LogP contribution in [0.4, 0.5) is 0 Å². The van der Waals surface area contributed by atoms with E-state index in [-0.39, 0.29) is 0 Å². The lowest BCUT2D eigenvalue weighted by Crippen LogP contribution is -2.26. The SMILES string of the molecule is CN(Cn1nnc2ccccc21)Cn1nnc2ccccc21. The molecule has 0 saturated carbocycles. The monoisotopic (exact) mass is 293 g/mol. The summed E-state index contributed by atoms with van der Waals surface area (Å²) >= 11 is 0. The molecular formula is C15H15N7. The Kier molecular flexibility index (Phi) is 3.05. The smallest absolute Gasteiger partial charge is 0.113 e. The van der Waals surface area contributed by atoms with Crippen molar-refractivity contribution in [3.8, 4) is 0 Å². The Bertz CT molecular complexity index is 848. The molecule has 0 amide bonds. The van der Waals surface area contributed by atoms with Gasteiger partial charge in [0.05, 0.1) is 24.4 Å². The summed E-state index contributed by atoms with van der Waals surface area (Å²) in [6.45, 7) is 1.27. The van der Waals surface area contributed by atoms with Gasteiger partial charge in [0.2, 0.25) is 0 Å². The number of benzene rings is 2. The number of hydrogen-bond donors (Lipinski definition) is 0. The Morgan fingerprint density at radius 3 is 1.73 bits per heavy atom. The lowest BCUT2D eigenvalue weighted by Gasteiger charge is -2.16. The summed E-state index contributed by atoms with van der Waals surface area (Å²) in [6.07, 6.45) is 0. The third-order valence-corrected chi connectivity index (χ3v) is 3.59. The third kappa shape index (κ3) is 2.21. The Morgan fingerprint density at radius 1 is 0.773 bits per heavy atom. The van der Waals surface area contributed by atoms with Gasteiger partial charge < -0.3 is 0 Å². The van der Waals surface area contributed by atoms with Crippen molar-refractivity contribution in [2.45, 2.75) is 13.3 Å². The molecule has 4 rings (SSSR count). The van der Waals surface area contributed by atoms with E-state index in [1.165, 1.54) is 0 Å². The summed E-state index contributed by atoms with van der Waals surface area (Å²) in [7, 11) is 2.02. The lowest BCUT2D eigenvalue weighted by atomic mass is 10.3. The van der Waals surface area contributed by atoms with Crippen molar-refractivity contribution in [2.75, 3.05) is 7.05 Å². The van der Waals surface area contributed by atoms with Crippen molar-refractivity contribution in [1.29, 1.82) is 0 Å². The van der Waals surface area contributed by atoms with E-state index in [0.29, 0.717) is 13.3 Å². The van der Waals surface area contributed by atoms with Crippen molar-refractivity contribution in [3.05, 3.63) is 48.5 Å². The van der Waals surface area contributed by atoms with E-state index in [1.54, 1.807) is 0 Å². The van der Waals surface area contributed by atoms with Crippen LogP contribution in [-0.4, -0.2) is 41.9 Å². The molecule has 2 aromatic heterocycles. The number of fused-ring (bicyclic) bond motifs is 2. The number of para-hydroxylation sites is 2. The van der Waals surface area contributed by atoms with E-state index < -0.39 is 0 Å². The highest BCUT2D eigenvalue weighted by atomic mass is 15.5. The number of aromatic nitrogens is 6. The molecule has 4 aromatic rings. The Balaban J connectivity index is 1.56. The van der Waals surface area contributed by atoms with Crippen LogP contribution in [0.2, 0.25) is 0 Å². The second kappa shape index (κ2) is 5.19. The van der Waals surface area contributed by atoms with Crippen molar-refractivity contribution >= 4 is 22.1 Å². The first kappa shape index (κ1) is 12.9. The van der Waals surface area contributed by atoms with Crippen LogP contribution >= 0.6 is 0 Å². The van der Waals surface area contributed by atoms with E-state index in [0.717, 1.165) is 22.1 Å². The molecule has 0 spiro atoms. The summed E-state index contributed by atoms with van der Waals surface area (Å²) in [6, 6.07) is 15.9. The van der Waals surface area contributed by atoms with Crippen LogP contribution in [-0.2, 0) is 13.3 Å². The minimum absolute atomic E-state index is 0.634. The second-order valence-electron chi connectivity index (χ2n) is 5.29. The maximum absolute atomic E-state index is 4.21. The number of rotatable bonds is 4. The fourth-order valence-electron chi connectivity index (χ4n) is 2.55. The van der Waals surface area contributed by atoms with Crippen molar-refractivity contribution in [1.82, 2.24) is 34.9 Å². The van der Waals surface area contributed by atoms with E-state index in [2.05, 4.69) is 25.5 Å². The van der Waals surface area contributed by atoms with Crippen LogP contribution in [0.5, 0.6) is 0 Å². The maximum atomic E-state index is 4.21. The van der Waals surface area contributed by atoms with Gasteiger partial charge in [-0.2, -0.15) is 0 Å². The molecule has 0 radical (unpaired) electrons. The molecule has 0 unspecified atom stereocenters. The normalized spacial score (nSPS) is 11.7. The molecule has 0 atom stereocenters. The van der Waals surface area contributed by atoms with Crippen LogP contribution in [0.1, 0.15) is 0 Å². The van der Waals surface area contributed by atoms with Crippen LogP contribution < -0.4 is 0 Å². The molecule has 0 bridgehead atoms. The van der Waals surface area contributed by atoms with Crippen molar-refractivity contribution < 1.29 is 0 Å². The Labute approximate surface area is 126 Å². The van der Waals surface area contributed by atoms with Gasteiger partial charge in [-0.25, -0.2) is 9.36 Å². The van der Waals surface area contributed by atoms with Crippen LogP contribution in [0.15, 0.2) is 48.5 Å². The van der Waals surface area contributed by atoms with Gasteiger partial charge >= 0.3 is 0 Å². The molecule has 0 aliphatic heterocycles. The zero-order valence-corrected chi connectivity index (χ0v) is 12.2. The van der Waals surface area contributed by atoms with E-state index >= 15 is 0 Å². The zero-order valence-electron chi connectivity index (χ0n) is 12.2. The van der Waals surface area contributed by atoms with Gasteiger partial charge in [0, 0.05) is 0 Å². The highest BCUT2D eigenvalue weighted by Crippen LogP contribution is 2.12. The highest BCUT2D eigenvalue weighted by molar-refractivity contribution is 5.74. The minimum Gasteiger partial charge on any atom is -0.268 e. The minimum atomic E-state index is 0.634. The summed E-state index contributed by atoms with van der Waals surface area (Å²) in [4.78, 5) is 2.11. The van der Waals surface area contributed by atoms with Crippen LogP contribution in [0.3, 0.4) is 0 Å². The Morgan fingerprint density at radius 2 is 1.23 bits per heavy atom. The first-order valence-corrected chi connectivity index (χ1v) is 7.06. The van der Waals surface area contributed by atoms with E-state index in [9.17, 15) is 0 Å². The zero-order chi connectivity index (χ0) is 14.9. The fraction of sp³-hybridized carbons (Fsp3) is 0.200. The second-order valence-corrected chi connectivity index (χ2v) is 5.29. The third-order valence-electron chi connectivity index (χ3n) is 3.59. The number of nitrogens with zero attached hydrogens (tertiary/aromatic N) is 7. The molecule has 7 heteroatoms. The molecule has 0 N–H and O–H groups in total. The summed E-state index contributed by atoms with van der Waals surface area (Å²) in [5, 5.41) is 16.8. The van der Waals surface area contributed by atoms with E-state index in [4.69, 9.17) is 0 Å². The number of hydrogen-bond acceptors (Lipinski definition) is 5. The molecule has 2 aromatic carbocycles. The molecular weight excluding hydrogens is 278 g/mol. The molecule has 0 aliphatic carbocycles. The molecule has 0 fully saturated rings. The topological polar surface area (TPSA) is 64.7 Å². The average Bonchev–Trinajstić information content (AvgIpc) is 3.13. The summed E-state index contributed by atoms with van der Waals surface area (Å²) in [5.41, 5.74) is 3.86. The molecule has 110 valence electrons. The lowest BCUT2D eigenvalue weighted by molar-refractivity contribution is 0.197. The molecule has 0 saturated heterocycles. The molecule has 22 heavy (non-hydrogen) atoms. The van der Waals surface area contributed by atoms with Crippen LogP contribution in [0.25, 0.3) is 22.1 Å². The predicted octanol–water partition coefficient (Wildman–Crippen LogP) is 1.72. The maximum Gasteiger partial charge on any atom is 0.113 e. The van der Waals surface area contributed by atoms with Gasteiger partial charge in [0.1, 0.15) is 11.0 Å². The molecule has 0 aliphatic rings. The van der Waals surface area contributed by atoms with Gasteiger partial charge in [-0.05, 0) is 31.3 Å². The van der Waals surface area contributed by atoms with Crippen molar-refractivity contribution in [2.24, 2.45) is 0 Å². The van der Waals surface area contributed by atoms with Gasteiger partial charge in [0.15, 0.2) is 0 Å². The summed E-state index contributed by atoms with van der Waals surface area (Å²) in [5.74, 6) is 0. The fourth-order valence-corrected chi connectivity index (χ4v) is 2.55. The Hall–Kier alpha value is -2.80. The average molecular weight is 293 g/mol. The van der Waals surface area contributed by atoms with E-state index in [1.807, 2.05) is 64.9 Å². The van der Waals surface area contributed by atoms with Gasteiger partial charge in [-0.3, -0.25) is 4.90 Å². The summed E-state index contributed by atoms with van der Waals surface area (Å²) < 4.78 is 3.77. The first-order valence-electron chi connectivity index (χ1n) is 7.06. The largest absolute Gasteiger partial charge is 0.268 e. The standard InChI is InChI=1S/C15H15N7/c1-20(10-21-14-8-4-2-6-12(14)16-18-21)11-22-15-9-5-3-7-13(15)17-19-22/h2-9H,10-11H2,1H3. The molecule has 2 heterocycles. The van der Waals surface area contributed by atoms with Crippen LogP contribution in [0, 0.1) is 0 Å². The van der Waals surface area contributed by atoms with Gasteiger partial charge in [0.25, 0.3) is 0 Å². The predicted molar refractivity (Wildman–Crippen MR) is 82.8 cm³/mol. The first-order chi connectivity index (χ1) is 10.8. The van der Waals surface area contributed by atoms with Crippen molar-refractivity contribution in [3.63, 3.8) is 0 Å². The van der Waals surface area contributed by atoms with Gasteiger partial charge in [-0.1, -0.05) is 34.7 Å². The highest BCUT2D eigenvalue weighted by Gasteiger charge is 2.09. The van der Waals surface area contributed by atoms with Gasteiger partial charge in [-0.15, -0.1) is 10.2 Å².